The quantitative estimate of drug-likeness (QED) is 0.735. The van der Waals surface area contributed by atoms with Gasteiger partial charge < -0.3 is 9.80 Å². The van der Waals surface area contributed by atoms with Crippen LogP contribution in [0, 0.1) is 5.92 Å². The Bertz CT molecular complexity index is 406. The lowest BCUT2D eigenvalue weighted by atomic mass is 9.98. The lowest BCUT2D eigenvalue weighted by molar-refractivity contribution is -0.144. The van der Waals surface area contributed by atoms with Gasteiger partial charge in [0, 0.05) is 25.3 Å². The van der Waals surface area contributed by atoms with Crippen LogP contribution >= 0.6 is 11.8 Å². The first-order valence-corrected chi connectivity index (χ1v) is 8.25. The van der Waals surface area contributed by atoms with E-state index in [4.69, 9.17) is 0 Å². The summed E-state index contributed by atoms with van der Waals surface area (Å²) in [6, 6.07) is -0.210. The predicted molar refractivity (Wildman–Crippen MR) is 75.7 cm³/mol. The summed E-state index contributed by atoms with van der Waals surface area (Å²) in [6.07, 6.45) is 3.68. The predicted octanol–water partition coefficient (Wildman–Crippen LogP) is 1.70. The minimum atomic E-state index is -0.210. The summed E-state index contributed by atoms with van der Waals surface area (Å²) in [5, 5.41) is 0. The maximum absolute atomic E-state index is 12.7. The van der Waals surface area contributed by atoms with Crippen LogP contribution in [-0.4, -0.2) is 51.4 Å². The minimum absolute atomic E-state index is 0.125. The Labute approximate surface area is 118 Å². The van der Waals surface area contributed by atoms with Crippen molar-refractivity contribution in [1.82, 2.24) is 9.80 Å². The molecular formula is C14H22N2O2S. The zero-order chi connectivity index (χ0) is 13.6. The molecule has 3 rings (SSSR count). The van der Waals surface area contributed by atoms with E-state index in [0.717, 1.165) is 44.0 Å². The average molecular weight is 282 g/mol. The Morgan fingerprint density at radius 2 is 2.05 bits per heavy atom. The van der Waals surface area contributed by atoms with E-state index in [-0.39, 0.29) is 22.7 Å². The average Bonchev–Trinajstić information content (AvgIpc) is 2.87. The molecule has 0 bridgehead atoms. The van der Waals surface area contributed by atoms with Gasteiger partial charge >= 0.3 is 0 Å². The molecule has 3 saturated heterocycles. The first-order chi connectivity index (χ1) is 9.01. The van der Waals surface area contributed by atoms with E-state index < -0.39 is 0 Å². The topological polar surface area (TPSA) is 40.6 Å². The molecule has 0 saturated carbocycles. The molecule has 0 aromatic carbocycles. The van der Waals surface area contributed by atoms with Crippen molar-refractivity contribution in [3.05, 3.63) is 0 Å². The van der Waals surface area contributed by atoms with Crippen LogP contribution in [0.2, 0.25) is 0 Å². The summed E-state index contributed by atoms with van der Waals surface area (Å²) < 4.78 is 0. The zero-order valence-electron chi connectivity index (χ0n) is 11.7. The lowest BCUT2D eigenvalue weighted by Gasteiger charge is -2.36. The third-order valence-corrected chi connectivity index (χ3v) is 6.33. The molecule has 3 heterocycles. The number of nitrogens with zero attached hydrogens (tertiary/aromatic N) is 2. The normalized spacial score (nSPS) is 35.9. The molecule has 0 radical (unpaired) electrons. The van der Waals surface area contributed by atoms with Crippen molar-refractivity contribution < 1.29 is 9.59 Å². The van der Waals surface area contributed by atoms with Gasteiger partial charge in [-0.15, -0.1) is 11.8 Å². The molecule has 0 N–H and O–H groups in total. The van der Waals surface area contributed by atoms with Crippen LogP contribution in [0.4, 0.5) is 0 Å². The third-order valence-electron chi connectivity index (χ3n) is 4.83. The summed E-state index contributed by atoms with van der Waals surface area (Å²) in [7, 11) is 0. The summed E-state index contributed by atoms with van der Waals surface area (Å²) in [4.78, 5) is 28.4. The molecule has 0 aromatic heterocycles. The number of rotatable bonds is 1. The van der Waals surface area contributed by atoms with Crippen LogP contribution < -0.4 is 0 Å². The molecule has 3 aliphatic rings. The molecule has 2 unspecified atom stereocenters. The van der Waals surface area contributed by atoms with Gasteiger partial charge in [0.1, 0.15) is 6.04 Å². The van der Waals surface area contributed by atoms with E-state index in [1.165, 1.54) is 0 Å². The SMILES string of the molecule is CC1CCN(C(=O)C2CSC3(C)CCC(=O)N23)CC1. The smallest absolute Gasteiger partial charge is 0.246 e. The van der Waals surface area contributed by atoms with Gasteiger partial charge in [-0.25, -0.2) is 0 Å². The first kappa shape index (κ1) is 13.3. The van der Waals surface area contributed by atoms with E-state index in [1.54, 1.807) is 11.8 Å². The van der Waals surface area contributed by atoms with Crippen LogP contribution in [0.1, 0.15) is 39.5 Å². The first-order valence-electron chi connectivity index (χ1n) is 7.26. The molecule has 2 amide bonds. The number of amides is 2. The van der Waals surface area contributed by atoms with Crippen molar-refractivity contribution in [2.24, 2.45) is 5.92 Å². The fraction of sp³-hybridized carbons (Fsp3) is 0.857. The van der Waals surface area contributed by atoms with Crippen LogP contribution in [0.25, 0.3) is 0 Å². The van der Waals surface area contributed by atoms with Gasteiger partial charge in [-0.1, -0.05) is 6.92 Å². The third kappa shape index (κ3) is 2.16. The molecule has 106 valence electrons. The van der Waals surface area contributed by atoms with Crippen molar-refractivity contribution in [3.8, 4) is 0 Å². The largest absolute Gasteiger partial charge is 0.341 e. The van der Waals surface area contributed by atoms with E-state index >= 15 is 0 Å². The lowest BCUT2D eigenvalue weighted by Crippen LogP contribution is -2.52. The second kappa shape index (κ2) is 4.69. The molecule has 2 atom stereocenters. The maximum atomic E-state index is 12.7. The maximum Gasteiger partial charge on any atom is 0.246 e. The highest BCUT2D eigenvalue weighted by atomic mass is 32.2. The summed E-state index contributed by atoms with van der Waals surface area (Å²) in [5.41, 5.74) is 0. The standard InChI is InChI=1S/C14H22N2O2S/c1-10-4-7-15(8-5-10)13(18)11-9-19-14(2)6-3-12(17)16(11)14/h10-11H,3-9H2,1-2H3. The van der Waals surface area contributed by atoms with E-state index in [9.17, 15) is 9.59 Å². The van der Waals surface area contributed by atoms with Crippen LogP contribution in [-0.2, 0) is 9.59 Å². The Kier molecular flexibility index (Phi) is 3.28. The highest BCUT2D eigenvalue weighted by molar-refractivity contribution is 8.01. The number of thioether (sulfide) groups is 1. The molecule has 0 aromatic rings. The summed E-state index contributed by atoms with van der Waals surface area (Å²) >= 11 is 1.78. The molecule has 0 spiro atoms. The van der Waals surface area contributed by atoms with Gasteiger partial charge in [-0.2, -0.15) is 0 Å². The van der Waals surface area contributed by atoms with Gasteiger partial charge in [0.25, 0.3) is 0 Å². The van der Waals surface area contributed by atoms with Crippen molar-refractivity contribution in [3.63, 3.8) is 0 Å². The molecule has 19 heavy (non-hydrogen) atoms. The molecule has 4 nitrogen and oxygen atoms in total. The highest BCUT2D eigenvalue weighted by Gasteiger charge is 2.53. The second-order valence-electron chi connectivity index (χ2n) is 6.27. The van der Waals surface area contributed by atoms with Gasteiger partial charge in [0.2, 0.25) is 11.8 Å². The molecule has 3 fully saturated rings. The van der Waals surface area contributed by atoms with Crippen LogP contribution in [0.5, 0.6) is 0 Å². The van der Waals surface area contributed by atoms with Gasteiger partial charge in [-0.3, -0.25) is 9.59 Å². The van der Waals surface area contributed by atoms with Crippen molar-refractivity contribution >= 4 is 23.6 Å². The van der Waals surface area contributed by atoms with E-state index in [0.29, 0.717) is 6.42 Å². The van der Waals surface area contributed by atoms with Crippen LogP contribution in [0.3, 0.4) is 0 Å². The molecular weight excluding hydrogens is 260 g/mol. The fourth-order valence-electron chi connectivity index (χ4n) is 3.44. The Morgan fingerprint density at radius 3 is 2.74 bits per heavy atom. The number of fused-ring (bicyclic) bond motifs is 1. The fourth-order valence-corrected chi connectivity index (χ4v) is 4.87. The Morgan fingerprint density at radius 1 is 1.37 bits per heavy atom. The highest BCUT2D eigenvalue weighted by Crippen LogP contribution is 2.47. The van der Waals surface area contributed by atoms with E-state index in [1.807, 2.05) is 9.80 Å². The van der Waals surface area contributed by atoms with Crippen molar-refractivity contribution in [1.29, 1.82) is 0 Å². The summed E-state index contributed by atoms with van der Waals surface area (Å²) in [6.45, 7) is 6.07. The van der Waals surface area contributed by atoms with Gasteiger partial charge in [-0.05, 0) is 32.1 Å². The van der Waals surface area contributed by atoms with Gasteiger partial charge in [0.15, 0.2) is 0 Å². The number of carbonyl (C=O) groups is 2. The number of piperidine rings is 1. The number of hydrogen-bond acceptors (Lipinski definition) is 3. The molecule has 0 aliphatic carbocycles. The van der Waals surface area contributed by atoms with Gasteiger partial charge in [0.05, 0.1) is 4.87 Å². The van der Waals surface area contributed by atoms with Crippen molar-refractivity contribution in [2.75, 3.05) is 18.8 Å². The number of likely N-dealkylation sites (tertiary alicyclic amines) is 1. The Hall–Kier alpha value is -0.710. The van der Waals surface area contributed by atoms with Crippen LogP contribution in [0.15, 0.2) is 0 Å². The monoisotopic (exact) mass is 282 g/mol. The number of carbonyl (C=O) groups excluding carboxylic acids is 2. The Balaban J connectivity index is 1.72. The second-order valence-corrected chi connectivity index (χ2v) is 7.77. The summed E-state index contributed by atoms with van der Waals surface area (Å²) in [5.74, 6) is 1.84. The van der Waals surface area contributed by atoms with E-state index in [2.05, 4.69) is 13.8 Å². The molecule has 3 aliphatic heterocycles. The number of hydrogen-bond donors (Lipinski definition) is 0. The van der Waals surface area contributed by atoms with Crippen molar-refractivity contribution in [2.45, 2.75) is 50.4 Å². The zero-order valence-corrected chi connectivity index (χ0v) is 12.5. The molecule has 5 heteroatoms. The minimum Gasteiger partial charge on any atom is -0.341 e.